The molecule has 0 unspecified atom stereocenters. The molecule has 158 valence electrons. The number of aryl methyl sites for hydroxylation is 1. The second-order valence-electron chi connectivity index (χ2n) is 7.22. The van der Waals surface area contributed by atoms with Gasteiger partial charge in [0, 0.05) is 42.2 Å². The molecule has 4 rings (SSSR count). The van der Waals surface area contributed by atoms with Crippen molar-refractivity contribution in [2.24, 2.45) is 7.05 Å². The molecule has 6 heteroatoms. The number of fused-ring (bicyclic) bond motifs is 1. The molecule has 0 spiro atoms. The molecule has 0 bridgehead atoms. The Kier molecular flexibility index (Phi) is 5.57. The largest absolute Gasteiger partial charge is 0.454 e. The number of hydrogen-bond acceptors (Lipinski definition) is 3. The number of benzene rings is 3. The lowest BCUT2D eigenvalue weighted by atomic mass is 9.93. The Labute approximate surface area is 182 Å². The van der Waals surface area contributed by atoms with Crippen LogP contribution >= 0.6 is 0 Å². The first-order chi connectivity index (χ1) is 15.4. The van der Waals surface area contributed by atoms with Crippen LogP contribution in [0.4, 0.5) is 8.78 Å². The van der Waals surface area contributed by atoms with E-state index in [2.05, 4.69) is 5.92 Å². The average Bonchev–Trinajstić information content (AvgIpc) is 2.78. The van der Waals surface area contributed by atoms with Crippen LogP contribution in [0.1, 0.15) is 5.56 Å². The predicted molar refractivity (Wildman–Crippen MR) is 119 cm³/mol. The topological polar surface area (TPSA) is 48.3 Å². The molecule has 0 aliphatic carbocycles. The summed E-state index contributed by atoms with van der Waals surface area (Å²) < 4.78 is 34.9. The first-order valence-corrected chi connectivity index (χ1v) is 9.72. The molecule has 0 aliphatic heterocycles. The maximum Gasteiger partial charge on any atom is 0.258 e. The van der Waals surface area contributed by atoms with E-state index in [1.807, 2.05) is 0 Å². The lowest BCUT2D eigenvalue weighted by Crippen LogP contribution is -2.17. The lowest BCUT2D eigenvalue weighted by Gasteiger charge is -2.18. The van der Waals surface area contributed by atoms with Crippen molar-refractivity contribution < 1.29 is 18.3 Å². The lowest BCUT2D eigenvalue weighted by molar-refractivity contribution is -0.113. The summed E-state index contributed by atoms with van der Waals surface area (Å²) in [6.45, 7) is 0. The minimum absolute atomic E-state index is 0.0773. The molecular weight excluding hydrogens is 412 g/mol. The number of pyridine rings is 1. The zero-order chi connectivity index (χ0) is 22.8. The van der Waals surface area contributed by atoms with E-state index in [1.165, 1.54) is 10.6 Å². The molecule has 0 radical (unpaired) electrons. The van der Waals surface area contributed by atoms with Crippen LogP contribution in [0.15, 0.2) is 71.7 Å². The van der Waals surface area contributed by atoms with Crippen molar-refractivity contribution in [3.8, 4) is 35.0 Å². The maximum absolute atomic E-state index is 14.3. The van der Waals surface area contributed by atoms with E-state index in [0.717, 1.165) is 12.1 Å². The SMILES string of the molecule is C#CC(=O)Cc1cccc(Oc2ccc(F)cc2F)c1-c1cn(C)c(=O)c2ccccc12. The highest BCUT2D eigenvalue weighted by Gasteiger charge is 2.19. The first-order valence-electron chi connectivity index (χ1n) is 9.72. The van der Waals surface area contributed by atoms with Crippen LogP contribution < -0.4 is 10.3 Å². The second-order valence-corrected chi connectivity index (χ2v) is 7.22. The Morgan fingerprint density at radius 1 is 1.03 bits per heavy atom. The van der Waals surface area contributed by atoms with Crippen molar-refractivity contribution >= 4 is 16.6 Å². The van der Waals surface area contributed by atoms with Gasteiger partial charge in [0.15, 0.2) is 11.6 Å². The highest BCUT2D eigenvalue weighted by Crippen LogP contribution is 2.40. The summed E-state index contributed by atoms with van der Waals surface area (Å²) in [6.07, 6.45) is 6.84. The molecule has 3 aromatic carbocycles. The van der Waals surface area contributed by atoms with Gasteiger partial charge in [-0.2, -0.15) is 0 Å². The van der Waals surface area contributed by atoms with Gasteiger partial charge in [-0.1, -0.05) is 30.3 Å². The van der Waals surface area contributed by atoms with E-state index in [9.17, 15) is 18.4 Å². The second kappa shape index (κ2) is 8.48. The molecule has 1 heterocycles. The molecule has 4 aromatic rings. The smallest absolute Gasteiger partial charge is 0.258 e. The summed E-state index contributed by atoms with van der Waals surface area (Å²) in [6, 6.07) is 15.0. The van der Waals surface area contributed by atoms with E-state index in [0.29, 0.717) is 27.5 Å². The van der Waals surface area contributed by atoms with Crippen molar-refractivity contribution in [1.29, 1.82) is 0 Å². The molecule has 0 amide bonds. The quantitative estimate of drug-likeness (QED) is 0.331. The number of aromatic nitrogens is 1. The van der Waals surface area contributed by atoms with Crippen LogP contribution in [-0.2, 0) is 18.3 Å². The zero-order valence-electron chi connectivity index (χ0n) is 17.1. The highest BCUT2D eigenvalue weighted by atomic mass is 19.1. The summed E-state index contributed by atoms with van der Waals surface area (Å²) in [4.78, 5) is 24.7. The standard InChI is InChI=1S/C26H17F2NO3/c1-3-18(30)13-16-7-6-10-24(32-23-12-11-17(27)14-22(23)28)25(16)21-15-29(2)26(31)20-9-5-4-8-19(20)21/h1,4-12,14-15H,13H2,2H3. The normalized spacial score (nSPS) is 10.7. The van der Waals surface area contributed by atoms with Crippen molar-refractivity contribution in [2.45, 2.75) is 6.42 Å². The van der Waals surface area contributed by atoms with Gasteiger partial charge < -0.3 is 9.30 Å². The molecule has 0 saturated carbocycles. The van der Waals surface area contributed by atoms with Gasteiger partial charge in [-0.3, -0.25) is 9.59 Å². The fraction of sp³-hybridized carbons (Fsp3) is 0.0769. The molecule has 0 saturated heterocycles. The van der Waals surface area contributed by atoms with Crippen molar-refractivity contribution in [3.63, 3.8) is 0 Å². The van der Waals surface area contributed by atoms with Crippen molar-refractivity contribution in [1.82, 2.24) is 4.57 Å². The van der Waals surface area contributed by atoms with Crippen molar-refractivity contribution in [2.75, 3.05) is 0 Å². The zero-order valence-corrected chi connectivity index (χ0v) is 17.1. The van der Waals surface area contributed by atoms with E-state index in [1.54, 1.807) is 55.7 Å². The Morgan fingerprint density at radius 2 is 1.78 bits per heavy atom. The molecule has 0 N–H and O–H groups in total. The molecule has 1 aromatic heterocycles. The number of terminal acetylenes is 1. The number of rotatable bonds is 5. The third-order valence-electron chi connectivity index (χ3n) is 5.10. The van der Waals surface area contributed by atoms with Crippen LogP contribution in [0.5, 0.6) is 11.5 Å². The van der Waals surface area contributed by atoms with Crippen molar-refractivity contribution in [3.05, 3.63) is 94.4 Å². The van der Waals surface area contributed by atoms with Gasteiger partial charge in [0.1, 0.15) is 11.6 Å². The molecule has 4 nitrogen and oxygen atoms in total. The third-order valence-corrected chi connectivity index (χ3v) is 5.10. The number of ether oxygens (including phenoxy) is 1. The minimum Gasteiger partial charge on any atom is -0.454 e. The minimum atomic E-state index is -0.869. The molecule has 0 atom stereocenters. The van der Waals surface area contributed by atoms with Gasteiger partial charge in [0.25, 0.3) is 5.56 Å². The highest BCUT2D eigenvalue weighted by molar-refractivity contribution is 6.01. The Balaban J connectivity index is 2.01. The Hall–Kier alpha value is -4.24. The van der Waals surface area contributed by atoms with Gasteiger partial charge in [-0.25, -0.2) is 8.78 Å². The maximum atomic E-state index is 14.3. The van der Waals surface area contributed by atoms with Crippen LogP contribution in [-0.4, -0.2) is 10.4 Å². The average molecular weight is 429 g/mol. The number of halogens is 2. The fourth-order valence-electron chi connectivity index (χ4n) is 3.63. The van der Waals surface area contributed by atoms with E-state index in [-0.39, 0.29) is 23.5 Å². The van der Waals surface area contributed by atoms with Crippen LogP contribution in [0.2, 0.25) is 0 Å². The molecule has 0 fully saturated rings. The van der Waals surface area contributed by atoms with E-state index >= 15 is 0 Å². The summed E-state index contributed by atoms with van der Waals surface area (Å²) in [5.74, 6) is 0.119. The number of hydrogen-bond donors (Lipinski definition) is 0. The Bertz CT molecular complexity index is 1460. The predicted octanol–water partition coefficient (Wildman–Crippen LogP) is 5.02. The number of carbonyl (C=O) groups is 1. The summed E-state index contributed by atoms with van der Waals surface area (Å²) in [7, 11) is 1.62. The molecule has 0 aliphatic rings. The van der Waals surface area contributed by atoms with Gasteiger partial charge in [0.2, 0.25) is 5.78 Å². The first kappa shape index (κ1) is 21.0. The summed E-state index contributed by atoms with van der Waals surface area (Å²) >= 11 is 0. The Morgan fingerprint density at radius 3 is 2.50 bits per heavy atom. The number of nitrogens with zero attached hydrogens (tertiary/aromatic N) is 1. The summed E-state index contributed by atoms with van der Waals surface area (Å²) in [5.41, 5.74) is 1.47. The van der Waals surface area contributed by atoms with Crippen LogP contribution in [0.25, 0.3) is 21.9 Å². The van der Waals surface area contributed by atoms with Gasteiger partial charge in [0.05, 0.1) is 0 Å². The number of Topliss-reactive ketones (excluding diaryl/α,β-unsaturated/α-hetero) is 1. The van der Waals surface area contributed by atoms with Crippen LogP contribution in [0.3, 0.4) is 0 Å². The number of ketones is 1. The molecule has 32 heavy (non-hydrogen) atoms. The van der Waals surface area contributed by atoms with E-state index < -0.39 is 17.4 Å². The van der Waals surface area contributed by atoms with E-state index in [4.69, 9.17) is 11.2 Å². The summed E-state index contributed by atoms with van der Waals surface area (Å²) in [5, 5.41) is 1.12. The number of carbonyl (C=O) groups excluding carboxylic acids is 1. The van der Waals surface area contributed by atoms with Gasteiger partial charge >= 0.3 is 0 Å². The molecular formula is C26H17F2NO3. The van der Waals surface area contributed by atoms with Gasteiger partial charge in [-0.05, 0) is 41.1 Å². The van der Waals surface area contributed by atoms with Crippen LogP contribution in [0, 0.1) is 24.0 Å². The fourth-order valence-corrected chi connectivity index (χ4v) is 3.63. The third kappa shape index (κ3) is 3.88. The van der Waals surface area contributed by atoms with Gasteiger partial charge in [-0.15, -0.1) is 6.42 Å². The monoisotopic (exact) mass is 429 g/mol.